The van der Waals surface area contributed by atoms with Crippen molar-refractivity contribution in [2.75, 3.05) is 0 Å². The lowest BCUT2D eigenvalue weighted by Gasteiger charge is -2.16. The summed E-state index contributed by atoms with van der Waals surface area (Å²) in [6.07, 6.45) is 6.28. The van der Waals surface area contributed by atoms with Crippen LogP contribution in [0.4, 0.5) is 0 Å². The van der Waals surface area contributed by atoms with Gasteiger partial charge in [0.05, 0.1) is 0 Å². The summed E-state index contributed by atoms with van der Waals surface area (Å²) in [5, 5.41) is 6.76. The quantitative estimate of drug-likeness (QED) is 0.197. The lowest BCUT2D eigenvalue weighted by Crippen LogP contribution is -2.04. The molecule has 0 radical (unpaired) electrons. The van der Waals surface area contributed by atoms with E-state index >= 15 is 0 Å². The third-order valence-electron chi connectivity index (χ3n) is 9.39. The van der Waals surface area contributed by atoms with Crippen LogP contribution in [-0.4, -0.2) is 15.0 Å². The van der Waals surface area contributed by atoms with E-state index in [0.29, 0.717) is 17.5 Å². The standard InChI is InChI=1S/C43H27N3O2/c1-2-10-27-23-30(20-19-26(27)9-1)42-44-41(45-43(46-42)31-21-22-34-33-13-3-5-16-36(33)48-39(34)25-31)29-12-7-11-28(24-29)32-15-8-18-38-40(32)35-14-4-6-17-37(35)47-38/h1-6,8-10,12-25H,7,11H2. The summed E-state index contributed by atoms with van der Waals surface area (Å²) >= 11 is 0. The summed E-state index contributed by atoms with van der Waals surface area (Å²) in [6, 6.07) is 43.6. The van der Waals surface area contributed by atoms with Gasteiger partial charge in [0, 0.05) is 38.2 Å². The molecule has 226 valence electrons. The van der Waals surface area contributed by atoms with Gasteiger partial charge in [0.15, 0.2) is 17.5 Å². The van der Waals surface area contributed by atoms with Gasteiger partial charge in [0.2, 0.25) is 0 Å². The number of hydrogen-bond acceptors (Lipinski definition) is 5. The van der Waals surface area contributed by atoms with E-state index in [1.807, 2.05) is 42.5 Å². The maximum atomic E-state index is 6.25. The van der Waals surface area contributed by atoms with E-state index in [-0.39, 0.29) is 0 Å². The van der Waals surface area contributed by atoms with Gasteiger partial charge in [-0.05, 0) is 77.2 Å². The molecule has 0 atom stereocenters. The van der Waals surface area contributed by atoms with Crippen molar-refractivity contribution in [2.45, 2.75) is 12.8 Å². The van der Waals surface area contributed by atoms with Gasteiger partial charge in [-0.3, -0.25) is 0 Å². The fourth-order valence-corrected chi connectivity index (χ4v) is 7.07. The van der Waals surface area contributed by atoms with Crippen molar-refractivity contribution in [1.29, 1.82) is 0 Å². The third-order valence-corrected chi connectivity index (χ3v) is 9.39. The summed E-state index contributed by atoms with van der Waals surface area (Å²) in [5.74, 6) is 1.89. The number of aromatic nitrogens is 3. The van der Waals surface area contributed by atoms with E-state index in [1.54, 1.807) is 0 Å². The van der Waals surface area contributed by atoms with Gasteiger partial charge in [0.25, 0.3) is 0 Å². The molecule has 5 nitrogen and oxygen atoms in total. The van der Waals surface area contributed by atoms with Gasteiger partial charge in [-0.15, -0.1) is 0 Å². The molecule has 5 heteroatoms. The first-order chi connectivity index (χ1) is 23.7. The molecule has 0 amide bonds. The molecule has 1 aliphatic rings. The summed E-state index contributed by atoms with van der Waals surface area (Å²) < 4.78 is 12.5. The van der Waals surface area contributed by atoms with E-state index in [2.05, 4.69) is 97.1 Å². The highest BCUT2D eigenvalue weighted by Gasteiger charge is 2.20. The molecule has 0 fully saturated rings. The molecule has 0 saturated carbocycles. The number of rotatable bonds is 4. The fraction of sp³-hybridized carbons (Fsp3) is 0.0465. The van der Waals surface area contributed by atoms with Crippen LogP contribution in [0.5, 0.6) is 0 Å². The van der Waals surface area contributed by atoms with E-state index in [0.717, 1.165) is 78.8 Å². The Morgan fingerprint density at radius 2 is 1.12 bits per heavy atom. The van der Waals surface area contributed by atoms with Gasteiger partial charge < -0.3 is 8.83 Å². The van der Waals surface area contributed by atoms with Crippen molar-refractivity contribution in [3.8, 4) is 22.8 Å². The number of benzene rings is 6. The van der Waals surface area contributed by atoms with Crippen LogP contribution >= 0.6 is 0 Å². The van der Waals surface area contributed by atoms with Crippen LogP contribution < -0.4 is 0 Å². The molecule has 48 heavy (non-hydrogen) atoms. The van der Waals surface area contributed by atoms with Crippen molar-refractivity contribution >= 4 is 65.8 Å². The second-order valence-electron chi connectivity index (χ2n) is 12.3. The van der Waals surface area contributed by atoms with E-state index in [1.165, 1.54) is 16.5 Å². The normalized spacial score (nSPS) is 13.5. The van der Waals surface area contributed by atoms with Crippen LogP contribution in [0.25, 0.3) is 88.6 Å². The summed E-state index contributed by atoms with van der Waals surface area (Å²) in [4.78, 5) is 15.3. The number of nitrogens with zero attached hydrogens (tertiary/aromatic N) is 3. The molecular weight excluding hydrogens is 590 g/mol. The second kappa shape index (κ2) is 10.6. The fourth-order valence-electron chi connectivity index (χ4n) is 7.07. The maximum Gasteiger partial charge on any atom is 0.164 e. The molecule has 0 unspecified atom stereocenters. The predicted molar refractivity (Wildman–Crippen MR) is 194 cm³/mol. The first kappa shape index (κ1) is 26.8. The maximum absolute atomic E-state index is 6.25. The zero-order chi connectivity index (χ0) is 31.6. The molecule has 10 rings (SSSR count). The number of fused-ring (bicyclic) bond motifs is 7. The molecule has 3 heterocycles. The van der Waals surface area contributed by atoms with Crippen LogP contribution in [0.15, 0.2) is 148 Å². The highest BCUT2D eigenvalue weighted by Crippen LogP contribution is 2.39. The molecule has 0 aliphatic heterocycles. The Morgan fingerprint density at radius 1 is 0.479 bits per heavy atom. The number of furan rings is 2. The van der Waals surface area contributed by atoms with Crippen LogP contribution in [0.2, 0.25) is 0 Å². The lowest BCUT2D eigenvalue weighted by molar-refractivity contribution is 0.668. The molecule has 9 aromatic rings. The van der Waals surface area contributed by atoms with Crippen molar-refractivity contribution in [2.24, 2.45) is 0 Å². The minimum atomic E-state index is 0.606. The zero-order valence-electron chi connectivity index (χ0n) is 25.9. The van der Waals surface area contributed by atoms with Crippen molar-refractivity contribution < 1.29 is 8.83 Å². The molecule has 3 aromatic heterocycles. The Labute approximate surface area is 275 Å². The van der Waals surface area contributed by atoms with Crippen molar-refractivity contribution in [1.82, 2.24) is 15.0 Å². The second-order valence-corrected chi connectivity index (χ2v) is 12.3. The smallest absolute Gasteiger partial charge is 0.164 e. The Kier molecular flexibility index (Phi) is 5.93. The Balaban J connectivity index is 1.14. The van der Waals surface area contributed by atoms with E-state index in [4.69, 9.17) is 23.8 Å². The van der Waals surface area contributed by atoms with Gasteiger partial charge in [-0.1, -0.05) is 97.1 Å². The van der Waals surface area contributed by atoms with Crippen molar-refractivity contribution in [3.63, 3.8) is 0 Å². The molecule has 6 aromatic carbocycles. The molecule has 0 saturated heterocycles. The number of allylic oxidation sites excluding steroid dienone is 4. The van der Waals surface area contributed by atoms with Crippen LogP contribution in [0.3, 0.4) is 0 Å². The number of para-hydroxylation sites is 2. The first-order valence-electron chi connectivity index (χ1n) is 16.2. The van der Waals surface area contributed by atoms with Gasteiger partial charge >= 0.3 is 0 Å². The van der Waals surface area contributed by atoms with Crippen LogP contribution in [-0.2, 0) is 0 Å². The molecule has 0 spiro atoms. The minimum Gasteiger partial charge on any atom is -0.456 e. The molecule has 0 bridgehead atoms. The lowest BCUT2D eigenvalue weighted by atomic mass is 9.90. The van der Waals surface area contributed by atoms with E-state index < -0.39 is 0 Å². The highest BCUT2D eigenvalue weighted by molar-refractivity contribution is 6.11. The summed E-state index contributed by atoms with van der Waals surface area (Å²) in [7, 11) is 0. The number of hydrogen-bond donors (Lipinski definition) is 0. The monoisotopic (exact) mass is 617 g/mol. The summed E-state index contributed by atoms with van der Waals surface area (Å²) in [5.41, 5.74) is 8.69. The predicted octanol–water partition coefficient (Wildman–Crippen LogP) is 11.4. The first-order valence-corrected chi connectivity index (χ1v) is 16.2. The van der Waals surface area contributed by atoms with Crippen LogP contribution in [0, 0.1) is 0 Å². The van der Waals surface area contributed by atoms with Gasteiger partial charge in [-0.2, -0.15) is 0 Å². The Hall–Kier alpha value is -6.33. The molecule has 1 aliphatic carbocycles. The van der Waals surface area contributed by atoms with Gasteiger partial charge in [-0.25, -0.2) is 15.0 Å². The zero-order valence-corrected chi connectivity index (χ0v) is 25.9. The Morgan fingerprint density at radius 3 is 2.00 bits per heavy atom. The SMILES string of the molecule is C1=C(c2nc(-c3ccc4ccccc4c3)nc(-c3ccc4c(c3)oc3ccccc34)n2)C=C(c2cccc3oc4ccccc4c23)CC1. The topological polar surface area (TPSA) is 65.0 Å². The largest absolute Gasteiger partial charge is 0.456 e. The third kappa shape index (κ3) is 4.36. The molecular formula is C43H27N3O2. The highest BCUT2D eigenvalue weighted by atomic mass is 16.3. The van der Waals surface area contributed by atoms with Crippen LogP contribution in [0.1, 0.15) is 24.2 Å². The van der Waals surface area contributed by atoms with Gasteiger partial charge in [0.1, 0.15) is 22.3 Å². The summed E-state index contributed by atoms with van der Waals surface area (Å²) in [6.45, 7) is 0. The van der Waals surface area contributed by atoms with Crippen molar-refractivity contribution in [3.05, 3.63) is 151 Å². The van der Waals surface area contributed by atoms with E-state index in [9.17, 15) is 0 Å². The average molecular weight is 618 g/mol. The average Bonchev–Trinajstić information content (AvgIpc) is 3.72. The minimum absolute atomic E-state index is 0.606. The molecule has 0 N–H and O–H groups in total. The Bertz CT molecular complexity index is 2800.